The van der Waals surface area contributed by atoms with E-state index in [0.717, 1.165) is 49.7 Å². The van der Waals surface area contributed by atoms with Crippen molar-refractivity contribution in [2.75, 3.05) is 53.6 Å². The summed E-state index contributed by atoms with van der Waals surface area (Å²) in [5.74, 6) is 0.546. The van der Waals surface area contributed by atoms with Crippen molar-refractivity contribution in [3.8, 4) is 11.5 Å². The molecule has 0 saturated carbocycles. The molecule has 2 aromatic carbocycles. The number of carbonyl (C=O) groups excluding carboxylic acids is 2. The Kier molecular flexibility index (Phi) is 9.83. The zero-order valence-corrected chi connectivity index (χ0v) is 24.9. The van der Waals surface area contributed by atoms with E-state index in [0.29, 0.717) is 34.5 Å². The molecule has 0 aliphatic carbocycles. The van der Waals surface area contributed by atoms with Gasteiger partial charge < -0.3 is 29.2 Å². The van der Waals surface area contributed by atoms with Gasteiger partial charge in [0, 0.05) is 31.9 Å². The number of amidine groups is 1. The quantitative estimate of drug-likeness (QED) is 0.390. The number of esters is 1. The molecule has 0 aromatic heterocycles. The lowest BCUT2D eigenvalue weighted by Gasteiger charge is -2.36. The van der Waals surface area contributed by atoms with Gasteiger partial charge in [0.1, 0.15) is 6.61 Å². The number of fused-ring (bicyclic) bond motifs is 1. The van der Waals surface area contributed by atoms with Gasteiger partial charge in [-0.25, -0.2) is 9.79 Å². The Morgan fingerprint density at radius 3 is 2.57 bits per heavy atom. The average Bonchev–Trinajstić information content (AvgIpc) is 3.41. The van der Waals surface area contributed by atoms with Gasteiger partial charge in [-0.2, -0.15) is 0 Å². The third-order valence-corrected chi connectivity index (χ3v) is 8.24. The third kappa shape index (κ3) is 6.80. The molecule has 3 heterocycles. The lowest BCUT2D eigenvalue weighted by molar-refractivity contribution is -0.141. The molecule has 5 rings (SSSR count). The highest BCUT2D eigenvalue weighted by Gasteiger charge is 2.41. The third-order valence-electron chi connectivity index (χ3n) is 7.35. The second-order valence-corrected chi connectivity index (χ2v) is 10.9. The fraction of sp³-hybridized carbons (Fsp3) is 0.387. The Morgan fingerprint density at radius 1 is 1.07 bits per heavy atom. The van der Waals surface area contributed by atoms with Crippen molar-refractivity contribution in [3.63, 3.8) is 0 Å². The van der Waals surface area contributed by atoms with E-state index >= 15 is 0 Å². The minimum Gasteiger partial charge on any atom is -0.493 e. The molecule has 3 aliphatic rings. The average molecular weight is 593 g/mol. The number of allylic oxidation sites excluding steroid dienone is 1. The van der Waals surface area contributed by atoms with Crippen molar-refractivity contribution in [3.05, 3.63) is 82.0 Å². The molecule has 0 radical (unpaired) electrons. The number of rotatable bonds is 11. The summed E-state index contributed by atoms with van der Waals surface area (Å²) >= 11 is 1.44. The first-order valence-corrected chi connectivity index (χ1v) is 14.8. The number of thioether (sulfide) groups is 1. The van der Waals surface area contributed by atoms with Crippen LogP contribution in [0.5, 0.6) is 11.5 Å². The summed E-state index contributed by atoms with van der Waals surface area (Å²) < 4.78 is 22.3. The van der Waals surface area contributed by atoms with Crippen LogP contribution in [-0.4, -0.2) is 80.5 Å². The smallest absolute Gasteiger partial charge is 0.338 e. The lowest BCUT2D eigenvalue weighted by atomic mass is 9.93. The molecule has 1 saturated heterocycles. The standard InChI is InChI=1S/C31H36N4O6S/c1-21-28(30(37)41-19-22-7-5-4-6-8-22)29(23-9-10-25(38-2)26(17-23)39-3)35-24(20-42-31(35)33-21)18-27(36)32-11-12-34-13-15-40-16-14-34/h4-10,17,20,29H,11-16,18-19H2,1-3H3,(H,32,36)/t29-/m1/s1. The van der Waals surface area contributed by atoms with E-state index in [9.17, 15) is 9.59 Å². The number of hydrogen-bond acceptors (Lipinski definition) is 10. The van der Waals surface area contributed by atoms with Gasteiger partial charge in [0.05, 0.1) is 51.2 Å². The highest BCUT2D eigenvalue weighted by Crippen LogP contribution is 2.46. The van der Waals surface area contributed by atoms with E-state index in [1.54, 1.807) is 14.2 Å². The summed E-state index contributed by atoms with van der Waals surface area (Å²) in [5, 5.41) is 5.67. The van der Waals surface area contributed by atoms with Gasteiger partial charge >= 0.3 is 5.97 Å². The predicted molar refractivity (Wildman–Crippen MR) is 161 cm³/mol. The summed E-state index contributed by atoms with van der Waals surface area (Å²) in [4.78, 5) is 35.8. The predicted octanol–water partition coefficient (Wildman–Crippen LogP) is 3.86. The summed E-state index contributed by atoms with van der Waals surface area (Å²) in [6.07, 6.45) is 0.143. The monoisotopic (exact) mass is 592 g/mol. The van der Waals surface area contributed by atoms with Gasteiger partial charge in [-0.05, 0) is 35.6 Å². The largest absolute Gasteiger partial charge is 0.493 e. The number of amides is 1. The number of nitrogens with zero attached hydrogens (tertiary/aromatic N) is 3. The normalized spacial score (nSPS) is 18.6. The van der Waals surface area contributed by atoms with E-state index in [1.165, 1.54) is 11.8 Å². The highest BCUT2D eigenvalue weighted by atomic mass is 32.2. The van der Waals surface area contributed by atoms with Crippen LogP contribution in [0, 0.1) is 0 Å². The molecule has 222 valence electrons. The van der Waals surface area contributed by atoms with E-state index < -0.39 is 12.0 Å². The first-order valence-electron chi connectivity index (χ1n) is 13.9. The van der Waals surface area contributed by atoms with Crippen molar-refractivity contribution in [1.29, 1.82) is 0 Å². The van der Waals surface area contributed by atoms with Crippen molar-refractivity contribution in [1.82, 2.24) is 15.1 Å². The minimum absolute atomic E-state index is 0.0955. The molecule has 42 heavy (non-hydrogen) atoms. The fourth-order valence-electron chi connectivity index (χ4n) is 5.18. The second-order valence-electron chi connectivity index (χ2n) is 10.0. The Bertz CT molecular complexity index is 1390. The number of aliphatic imine (C=N–C) groups is 1. The number of hydrogen-bond donors (Lipinski definition) is 1. The van der Waals surface area contributed by atoms with Gasteiger partial charge in [-0.15, -0.1) is 0 Å². The van der Waals surface area contributed by atoms with Crippen LogP contribution in [0.2, 0.25) is 0 Å². The van der Waals surface area contributed by atoms with Crippen molar-refractivity contribution in [2.45, 2.75) is 26.0 Å². The number of benzene rings is 2. The molecule has 1 atom stereocenters. The maximum atomic E-state index is 13.7. The molecule has 3 aliphatic heterocycles. The summed E-state index contributed by atoms with van der Waals surface area (Å²) in [5.41, 5.74) is 3.40. The van der Waals surface area contributed by atoms with E-state index in [2.05, 4.69) is 10.2 Å². The number of nitrogens with one attached hydrogen (secondary N) is 1. The molecule has 0 spiro atoms. The number of methoxy groups -OCH3 is 2. The van der Waals surface area contributed by atoms with Crippen LogP contribution < -0.4 is 14.8 Å². The Hall–Kier alpha value is -3.80. The molecule has 11 heteroatoms. The van der Waals surface area contributed by atoms with Gasteiger partial charge in [-0.3, -0.25) is 9.69 Å². The van der Waals surface area contributed by atoms with Crippen molar-refractivity contribution >= 4 is 28.8 Å². The number of ether oxygens (including phenoxy) is 4. The zero-order valence-electron chi connectivity index (χ0n) is 24.1. The number of morpholine rings is 1. The molecular weight excluding hydrogens is 556 g/mol. The summed E-state index contributed by atoms with van der Waals surface area (Å²) in [6, 6.07) is 14.5. The van der Waals surface area contributed by atoms with Crippen LogP contribution in [-0.2, 0) is 25.7 Å². The minimum atomic E-state index is -0.581. The van der Waals surface area contributed by atoms with Crippen molar-refractivity contribution < 1.29 is 28.5 Å². The van der Waals surface area contributed by atoms with E-state index in [-0.39, 0.29) is 18.9 Å². The topological polar surface area (TPSA) is 102 Å². The van der Waals surface area contributed by atoms with Crippen LogP contribution in [0.25, 0.3) is 0 Å². The van der Waals surface area contributed by atoms with Crippen LogP contribution in [0.15, 0.2) is 75.9 Å². The molecule has 0 unspecified atom stereocenters. The second kappa shape index (κ2) is 13.9. The highest BCUT2D eigenvalue weighted by molar-refractivity contribution is 8.16. The van der Waals surface area contributed by atoms with Crippen molar-refractivity contribution in [2.24, 2.45) is 4.99 Å². The molecule has 10 nitrogen and oxygen atoms in total. The van der Waals surface area contributed by atoms with Gasteiger partial charge in [0.25, 0.3) is 0 Å². The molecule has 1 N–H and O–H groups in total. The van der Waals surface area contributed by atoms with Crippen LogP contribution >= 0.6 is 11.8 Å². The molecule has 1 amide bonds. The van der Waals surface area contributed by atoms with Crippen LogP contribution in [0.1, 0.15) is 30.5 Å². The fourth-order valence-corrected chi connectivity index (χ4v) is 6.14. The summed E-state index contributed by atoms with van der Waals surface area (Å²) in [7, 11) is 3.15. The van der Waals surface area contributed by atoms with E-state index in [1.807, 2.05) is 65.8 Å². The first kappa shape index (κ1) is 29.7. The van der Waals surface area contributed by atoms with E-state index in [4.69, 9.17) is 23.9 Å². The van der Waals surface area contributed by atoms with Gasteiger partial charge in [0.2, 0.25) is 5.91 Å². The van der Waals surface area contributed by atoms with Crippen LogP contribution in [0.4, 0.5) is 0 Å². The first-order chi connectivity index (χ1) is 20.5. The lowest BCUT2D eigenvalue weighted by Crippen LogP contribution is -2.42. The SMILES string of the molecule is COc1ccc([C@@H]2C(C(=O)OCc3ccccc3)=C(C)N=C3SC=C(CC(=O)NCCN4CCOCC4)N32)cc1OC. The number of carbonyl (C=O) groups is 2. The van der Waals surface area contributed by atoms with Gasteiger partial charge in [0.15, 0.2) is 16.7 Å². The maximum Gasteiger partial charge on any atom is 0.338 e. The Balaban J connectivity index is 1.39. The molecular formula is C31H36N4O6S. The summed E-state index contributed by atoms with van der Waals surface area (Å²) in [6.45, 7) is 6.44. The molecule has 0 bridgehead atoms. The molecule has 2 aromatic rings. The maximum absolute atomic E-state index is 13.7. The zero-order chi connectivity index (χ0) is 29.5. The van der Waals surface area contributed by atoms with Crippen LogP contribution in [0.3, 0.4) is 0 Å². The Labute approximate surface area is 250 Å². The Morgan fingerprint density at radius 2 is 1.83 bits per heavy atom. The van der Waals surface area contributed by atoms with Gasteiger partial charge in [-0.1, -0.05) is 48.2 Å². The molecule has 1 fully saturated rings.